The lowest BCUT2D eigenvalue weighted by Gasteiger charge is -2.27. The maximum atomic E-state index is 14.0. The van der Waals surface area contributed by atoms with Crippen molar-refractivity contribution in [1.82, 2.24) is 9.78 Å². The van der Waals surface area contributed by atoms with E-state index in [1.165, 1.54) is 28.7 Å². The van der Waals surface area contributed by atoms with Gasteiger partial charge in [0.15, 0.2) is 0 Å². The summed E-state index contributed by atoms with van der Waals surface area (Å²) in [5.41, 5.74) is 1.43. The zero-order valence-corrected chi connectivity index (χ0v) is 16.3. The molecule has 8 heteroatoms. The molecule has 138 valence electrons. The molecule has 0 saturated heterocycles. The van der Waals surface area contributed by atoms with Gasteiger partial charge in [0.25, 0.3) is 5.56 Å². The number of hydrogen-bond acceptors (Lipinski definition) is 4. The van der Waals surface area contributed by atoms with Crippen LogP contribution in [0.15, 0.2) is 58.4 Å². The number of hydrogen-bond donors (Lipinski definition) is 1. The van der Waals surface area contributed by atoms with Gasteiger partial charge < -0.3 is 5.32 Å². The molecule has 0 saturated carbocycles. The Hall–Kier alpha value is -2.02. The highest BCUT2D eigenvalue weighted by Gasteiger charge is 2.24. The third-order valence-electron chi connectivity index (χ3n) is 4.35. The van der Waals surface area contributed by atoms with Crippen molar-refractivity contribution in [2.24, 2.45) is 0 Å². The van der Waals surface area contributed by atoms with Crippen molar-refractivity contribution in [3.8, 4) is 5.69 Å². The molecule has 1 atom stereocenters. The maximum Gasteiger partial charge on any atom is 0.292 e. The van der Waals surface area contributed by atoms with Crippen molar-refractivity contribution in [3.05, 3.63) is 80.4 Å². The van der Waals surface area contributed by atoms with Crippen molar-refractivity contribution < 1.29 is 4.39 Å². The summed E-state index contributed by atoms with van der Waals surface area (Å²) in [6, 6.07) is 11.6. The van der Waals surface area contributed by atoms with Gasteiger partial charge in [-0.25, -0.2) is 4.39 Å². The summed E-state index contributed by atoms with van der Waals surface area (Å²) < 4.78 is 15.3. The first-order valence-electron chi connectivity index (χ1n) is 8.26. The number of nitrogens with zero attached hydrogens (tertiary/aromatic N) is 2. The first kappa shape index (κ1) is 18.3. The van der Waals surface area contributed by atoms with Gasteiger partial charge in [0.05, 0.1) is 23.6 Å². The Morgan fingerprint density at radius 2 is 1.96 bits per heavy atom. The Labute approximate surface area is 169 Å². The van der Waals surface area contributed by atoms with E-state index in [4.69, 9.17) is 23.2 Å². The predicted molar refractivity (Wildman–Crippen MR) is 108 cm³/mol. The highest BCUT2D eigenvalue weighted by molar-refractivity contribution is 7.99. The number of fused-ring (bicyclic) bond motifs is 1. The second kappa shape index (κ2) is 7.54. The number of thioether (sulfide) groups is 1. The molecular formula is C19H14Cl2FN3OS. The quantitative estimate of drug-likeness (QED) is 0.620. The minimum absolute atomic E-state index is 0.0381. The van der Waals surface area contributed by atoms with Gasteiger partial charge in [-0.3, -0.25) is 4.79 Å². The zero-order chi connectivity index (χ0) is 19.0. The Morgan fingerprint density at radius 1 is 1.19 bits per heavy atom. The van der Waals surface area contributed by atoms with Gasteiger partial charge in [0.1, 0.15) is 10.8 Å². The van der Waals surface area contributed by atoms with Crippen molar-refractivity contribution in [2.45, 2.75) is 17.4 Å². The number of halogens is 3. The van der Waals surface area contributed by atoms with Crippen molar-refractivity contribution in [1.29, 1.82) is 0 Å². The summed E-state index contributed by atoms with van der Waals surface area (Å²) in [5, 5.41) is 8.07. The molecule has 0 amide bonds. The third kappa shape index (κ3) is 3.57. The number of anilines is 1. The van der Waals surface area contributed by atoms with Crippen LogP contribution in [0.1, 0.15) is 18.0 Å². The van der Waals surface area contributed by atoms with Crippen LogP contribution >= 0.6 is 35.0 Å². The molecule has 0 bridgehead atoms. The SMILES string of the molecule is O=c1c(Cl)c(NC2CCSc3c(F)cccc32)cnn1-c1ccc(Cl)cc1. The molecule has 1 aliphatic heterocycles. The van der Waals surface area contributed by atoms with Crippen LogP contribution in [0.5, 0.6) is 0 Å². The molecule has 4 rings (SSSR count). The van der Waals surface area contributed by atoms with Gasteiger partial charge in [0, 0.05) is 15.7 Å². The third-order valence-corrected chi connectivity index (χ3v) is 6.12. The van der Waals surface area contributed by atoms with E-state index in [9.17, 15) is 9.18 Å². The monoisotopic (exact) mass is 421 g/mol. The van der Waals surface area contributed by atoms with Gasteiger partial charge in [-0.2, -0.15) is 9.78 Å². The fourth-order valence-electron chi connectivity index (χ4n) is 3.02. The molecule has 0 spiro atoms. The van der Waals surface area contributed by atoms with Gasteiger partial charge in [-0.1, -0.05) is 35.3 Å². The molecule has 1 aromatic heterocycles. The molecule has 1 N–H and O–H groups in total. The second-order valence-electron chi connectivity index (χ2n) is 6.06. The predicted octanol–water partition coefficient (Wildman–Crippen LogP) is 5.33. The van der Waals surface area contributed by atoms with Gasteiger partial charge in [-0.15, -0.1) is 11.8 Å². The number of rotatable bonds is 3. The van der Waals surface area contributed by atoms with E-state index >= 15 is 0 Å². The smallest absolute Gasteiger partial charge is 0.292 e. The van der Waals surface area contributed by atoms with Crippen LogP contribution < -0.4 is 10.9 Å². The Bertz CT molecular complexity index is 1060. The van der Waals surface area contributed by atoms with Gasteiger partial charge in [-0.05, 0) is 42.3 Å². The average Bonchev–Trinajstić information content (AvgIpc) is 2.67. The van der Waals surface area contributed by atoms with E-state index in [0.717, 1.165) is 17.7 Å². The Morgan fingerprint density at radius 3 is 2.74 bits per heavy atom. The van der Waals surface area contributed by atoms with Crippen LogP contribution in [0, 0.1) is 5.82 Å². The van der Waals surface area contributed by atoms with E-state index in [2.05, 4.69) is 10.4 Å². The standard InChI is InChI=1S/C19H14Cl2FN3OS/c20-11-4-6-12(7-5-11)25-19(26)17(21)16(10-23-25)24-15-8-9-27-18-13(15)2-1-3-14(18)22/h1-7,10,15,24H,8-9H2. The topological polar surface area (TPSA) is 46.9 Å². The molecule has 1 aliphatic rings. The molecule has 3 aromatic rings. The molecule has 2 aromatic carbocycles. The fraction of sp³-hybridized carbons (Fsp3) is 0.158. The lowest BCUT2D eigenvalue weighted by molar-refractivity contribution is 0.585. The highest BCUT2D eigenvalue weighted by Crippen LogP contribution is 2.39. The van der Waals surface area contributed by atoms with E-state index in [1.54, 1.807) is 30.3 Å². The molecule has 27 heavy (non-hydrogen) atoms. The summed E-state index contributed by atoms with van der Waals surface area (Å²) in [5.74, 6) is 0.546. The van der Waals surface area contributed by atoms with E-state index in [-0.39, 0.29) is 16.9 Å². The summed E-state index contributed by atoms with van der Waals surface area (Å²) in [4.78, 5) is 13.3. The summed E-state index contributed by atoms with van der Waals surface area (Å²) in [6.45, 7) is 0. The normalized spacial score (nSPS) is 16.0. The molecule has 2 heterocycles. The highest BCUT2D eigenvalue weighted by atomic mass is 35.5. The molecular weight excluding hydrogens is 408 g/mol. The van der Waals surface area contributed by atoms with Crippen LogP contribution in [-0.2, 0) is 0 Å². The van der Waals surface area contributed by atoms with Crippen molar-refractivity contribution in [2.75, 3.05) is 11.1 Å². The number of nitrogens with one attached hydrogen (secondary N) is 1. The van der Waals surface area contributed by atoms with Crippen LogP contribution in [0.4, 0.5) is 10.1 Å². The van der Waals surface area contributed by atoms with Crippen molar-refractivity contribution >= 4 is 40.7 Å². The minimum atomic E-state index is -0.436. The van der Waals surface area contributed by atoms with Gasteiger partial charge in [0.2, 0.25) is 0 Å². The zero-order valence-electron chi connectivity index (χ0n) is 14.0. The Kier molecular flexibility index (Phi) is 5.12. The maximum absolute atomic E-state index is 14.0. The Balaban J connectivity index is 1.67. The molecule has 4 nitrogen and oxygen atoms in total. The van der Waals surface area contributed by atoms with Crippen LogP contribution in [-0.4, -0.2) is 15.5 Å². The van der Waals surface area contributed by atoms with Gasteiger partial charge >= 0.3 is 0 Å². The molecule has 1 unspecified atom stereocenters. The summed E-state index contributed by atoms with van der Waals surface area (Å²) in [6.07, 6.45) is 2.30. The largest absolute Gasteiger partial charge is 0.375 e. The molecule has 0 aliphatic carbocycles. The van der Waals surface area contributed by atoms with E-state index < -0.39 is 5.56 Å². The molecule has 0 fully saturated rings. The van der Waals surface area contributed by atoms with Crippen LogP contribution in [0.25, 0.3) is 5.69 Å². The first-order valence-corrected chi connectivity index (χ1v) is 10.0. The number of benzene rings is 2. The van der Waals surface area contributed by atoms with E-state index in [1.807, 2.05) is 6.07 Å². The van der Waals surface area contributed by atoms with E-state index in [0.29, 0.717) is 21.3 Å². The average molecular weight is 422 g/mol. The molecule has 0 radical (unpaired) electrons. The lowest BCUT2D eigenvalue weighted by Crippen LogP contribution is -2.24. The summed E-state index contributed by atoms with van der Waals surface area (Å²) in [7, 11) is 0. The second-order valence-corrected chi connectivity index (χ2v) is 7.98. The lowest BCUT2D eigenvalue weighted by atomic mass is 10.0. The summed E-state index contributed by atoms with van der Waals surface area (Å²) >= 11 is 13.7. The van der Waals surface area contributed by atoms with Crippen molar-refractivity contribution in [3.63, 3.8) is 0 Å². The first-order chi connectivity index (χ1) is 13.0. The fourth-order valence-corrected chi connectivity index (χ4v) is 4.47. The van der Waals surface area contributed by atoms with Crippen LogP contribution in [0.2, 0.25) is 10.0 Å². The minimum Gasteiger partial charge on any atom is -0.375 e. The number of aromatic nitrogens is 2. The van der Waals surface area contributed by atoms with Crippen LogP contribution in [0.3, 0.4) is 0 Å².